The van der Waals surface area contributed by atoms with Crippen LogP contribution in [0.15, 0.2) is 36.4 Å². The highest BCUT2D eigenvalue weighted by Crippen LogP contribution is 2.30. The minimum atomic E-state index is -0.516. The standard InChI is InChI=1S/C20H22N2O2/c1-12-8-9-13(2)17(10-12)22-18(23)11-16(20(22)24)21-19-14(3)6-5-7-15(19)4/h5-10,16,21H,11H2,1-4H3. The molecule has 1 unspecified atom stereocenters. The summed E-state index contributed by atoms with van der Waals surface area (Å²) in [7, 11) is 0. The zero-order chi connectivity index (χ0) is 17.4. The number of imide groups is 1. The van der Waals surface area contributed by atoms with Gasteiger partial charge in [0.05, 0.1) is 12.1 Å². The molecule has 24 heavy (non-hydrogen) atoms. The summed E-state index contributed by atoms with van der Waals surface area (Å²) in [5, 5.41) is 3.28. The summed E-state index contributed by atoms with van der Waals surface area (Å²) in [6, 6.07) is 11.3. The van der Waals surface area contributed by atoms with Gasteiger partial charge in [-0.1, -0.05) is 30.3 Å². The number of anilines is 2. The van der Waals surface area contributed by atoms with E-state index in [4.69, 9.17) is 0 Å². The van der Waals surface area contributed by atoms with E-state index in [1.807, 2.05) is 64.1 Å². The third-order valence-electron chi connectivity index (χ3n) is 4.55. The number of benzene rings is 2. The van der Waals surface area contributed by atoms with Crippen LogP contribution < -0.4 is 10.2 Å². The van der Waals surface area contributed by atoms with Gasteiger partial charge in [-0.25, -0.2) is 4.90 Å². The molecule has 3 rings (SSSR count). The van der Waals surface area contributed by atoms with Crippen molar-refractivity contribution in [2.24, 2.45) is 0 Å². The number of hydrogen-bond donors (Lipinski definition) is 1. The van der Waals surface area contributed by atoms with Crippen LogP contribution in [0.5, 0.6) is 0 Å². The van der Waals surface area contributed by atoms with Crippen LogP contribution in [-0.4, -0.2) is 17.9 Å². The Hall–Kier alpha value is -2.62. The Labute approximate surface area is 142 Å². The molecule has 124 valence electrons. The third-order valence-corrected chi connectivity index (χ3v) is 4.55. The Morgan fingerprint density at radius 1 is 0.958 bits per heavy atom. The van der Waals surface area contributed by atoms with Gasteiger partial charge in [0.15, 0.2) is 0 Å². The number of para-hydroxylation sites is 1. The molecule has 1 fully saturated rings. The number of nitrogens with zero attached hydrogens (tertiary/aromatic N) is 1. The minimum Gasteiger partial charge on any atom is -0.373 e. The van der Waals surface area contributed by atoms with Crippen molar-refractivity contribution in [3.05, 3.63) is 58.7 Å². The fraction of sp³-hybridized carbons (Fsp3) is 0.300. The molecule has 4 nitrogen and oxygen atoms in total. The van der Waals surface area contributed by atoms with Gasteiger partial charge in [-0.2, -0.15) is 0 Å². The molecule has 0 saturated carbocycles. The number of hydrogen-bond acceptors (Lipinski definition) is 3. The molecule has 1 N–H and O–H groups in total. The van der Waals surface area contributed by atoms with E-state index in [-0.39, 0.29) is 18.2 Å². The molecule has 0 radical (unpaired) electrons. The van der Waals surface area contributed by atoms with Crippen molar-refractivity contribution in [1.29, 1.82) is 0 Å². The fourth-order valence-corrected chi connectivity index (χ4v) is 3.17. The highest BCUT2D eigenvalue weighted by molar-refractivity contribution is 6.23. The number of amides is 2. The van der Waals surface area contributed by atoms with Crippen LogP contribution in [-0.2, 0) is 9.59 Å². The summed E-state index contributed by atoms with van der Waals surface area (Å²) >= 11 is 0. The lowest BCUT2D eigenvalue weighted by atomic mass is 10.1. The first-order valence-corrected chi connectivity index (χ1v) is 8.15. The smallest absolute Gasteiger partial charge is 0.256 e. The maximum absolute atomic E-state index is 12.8. The van der Waals surface area contributed by atoms with E-state index in [1.54, 1.807) is 0 Å². The normalized spacial score (nSPS) is 17.5. The zero-order valence-corrected chi connectivity index (χ0v) is 14.5. The van der Waals surface area contributed by atoms with Gasteiger partial charge in [-0.05, 0) is 56.0 Å². The van der Waals surface area contributed by atoms with Crippen LogP contribution in [0.3, 0.4) is 0 Å². The van der Waals surface area contributed by atoms with Crippen molar-refractivity contribution >= 4 is 23.2 Å². The van der Waals surface area contributed by atoms with Gasteiger partial charge < -0.3 is 5.32 Å². The molecule has 0 spiro atoms. The predicted octanol–water partition coefficient (Wildman–Crippen LogP) is 3.66. The van der Waals surface area contributed by atoms with Crippen molar-refractivity contribution in [2.75, 3.05) is 10.2 Å². The van der Waals surface area contributed by atoms with Crippen LogP contribution in [0.1, 0.15) is 28.7 Å². The Balaban J connectivity index is 1.91. The van der Waals surface area contributed by atoms with Crippen molar-refractivity contribution in [2.45, 2.75) is 40.2 Å². The lowest BCUT2D eigenvalue weighted by Crippen LogP contribution is -2.35. The lowest BCUT2D eigenvalue weighted by molar-refractivity contribution is -0.121. The summed E-state index contributed by atoms with van der Waals surface area (Å²) < 4.78 is 0. The van der Waals surface area contributed by atoms with Gasteiger partial charge in [0.2, 0.25) is 5.91 Å². The second kappa shape index (κ2) is 6.11. The maximum Gasteiger partial charge on any atom is 0.256 e. The van der Waals surface area contributed by atoms with E-state index in [9.17, 15) is 9.59 Å². The van der Waals surface area contributed by atoms with Crippen molar-refractivity contribution < 1.29 is 9.59 Å². The van der Waals surface area contributed by atoms with Gasteiger partial charge in [0.25, 0.3) is 5.91 Å². The summed E-state index contributed by atoms with van der Waals surface area (Å²) in [5.74, 6) is -0.339. The Morgan fingerprint density at radius 3 is 2.29 bits per heavy atom. The van der Waals surface area contributed by atoms with Crippen molar-refractivity contribution in [3.63, 3.8) is 0 Å². The second-order valence-electron chi connectivity index (χ2n) is 6.53. The molecule has 0 aliphatic carbocycles. The SMILES string of the molecule is Cc1ccc(C)c(N2C(=O)CC(Nc3c(C)cccc3C)C2=O)c1. The lowest BCUT2D eigenvalue weighted by Gasteiger charge is -2.20. The van der Waals surface area contributed by atoms with Gasteiger partial charge in [-0.15, -0.1) is 0 Å². The highest BCUT2D eigenvalue weighted by Gasteiger charge is 2.40. The van der Waals surface area contributed by atoms with E-state index in [2.05, 4.69) is 5.32 Å². The van der Waals surface area contributed by atoms with Crippen molar-refractivity contribution in [3.8, 4) is 0 Å². The summed E-state index contributed by atoms with van der Waals surface area (Å²) in [4.78, 5) is 26.7. The molecule has 1 atom stereocenters. The molecular weight excluding hydrogens is 300 g/mol. The van der Waals surface area contributed by atoms with Gasteiger partial charge in [0.1, 0.15) is 6.04 Å². The number of carbonyl (C=O) groups is 2. The number of rotatable bonds is 3. The first-order valence-electron chi connectivity index (χ1n) is 8.15. The molecule has 1 saturated heterocycles. The van der Waals surface area contributed by atoms with E-state index in [0.29, 0.717) is 5.69 Å². The third kappa shape index (κ3) is 2.80. The summed E-state index contributed by atoms with van der Waals surface area (Å²) in [6.07, 6.45) is 0.181. The molecule has 0 bridgehead atoms. The van der Waals surface area contributed by atoms with E-state index in [1.165, 1.54) is 4.90 Å². The quantitative estimate of drug-likeness (QED) is 0.877. The van der Waals surface area contributed by atoms with E-state index < -0.39 is 6.04 Å². The largest absolute Gasteiger partial charge is 0.373 e. The molecule has 0 aromatic heterocycles. The van der Waals surface area contributed by atoms with Crippen LogP contribution in [0, 0.1) is 27.7 Å². The van der Waals surface area contributed by atoms with E-state index >= 15 is 0 Å². The minimum absolute atomic E-state index is 0.155. The average molecular weight is 322 g/mol. The average Bonchev–Trinajstić information content (AvgIpc) is 2.80. The van der Waals surface area contributed by atoms with Crippen LogP contribution in [0.4, 0.5) is 11.4 Å². The molecule has 2 aromatic rings. The Morgan fingerprint density at radius 2 is 1.62 bits per heavy atom. The number of nitrogens with one attached hydrogen (secondary N) is 1. The number of aryl methyl sites for hydroxylation is 4. The van der Waals surface area contributed by atoms with E-state index in [0.717, 1.165) is 27.9 Å². The predicted molar refractivity (Wildman–Crippen MR) is 96.4 cm³/mol. The van der Waals surface area contributed by atoms with Crippen LogP contribution in [0.25, 0.3) is 0 Å². The zero-order valence-electron chi connectivity index (χ0n) is 14.5. The molecule has 2 amide bonds. The molecule has 2 aromatic carbocycles. The monoisotopic (exact) mass is 322 g/mol. The van der Waals surface area contributed by atoms with Crippen LogP contribution in [0.2, 0.25) is 0 Å². The number of carbonyl (C=O) groups excluding carboxylic acids is 2. The van der Waals surface area contributed by atoms with Gasteiger partial charge in [0, 0.05) is 5.69 Å². The molecule has 1 aliphatic rings. The van der Waals surface area contributed by atoms with Gasteiger partial charge >= 0.3 is 0 Å². The second-order valence-corrected chi connectivity index (χ2v) is 6.53. The van der Waals surface area contributed by atoms with Crippen LogP contribution >= 0.6 is 0 Å². The molecule has 1 aliphatic heterocycles. The van der Waals surface area contributed by atoms with Gasteiger partial charge in [-0.3, -0.25) is 9.59 Å². The molecular formula is C20H22N2O2. The summed E-state index contributed by atoms with van der Waals surface area (Å²) in [6.45, 7) is 7.88. The summed E-state index contributed by atoms with van der Waals surface area (Å²) in [5.41, 5.74) is 5.72. The first kappa shape index (κ1) is 16.2. The highest BCUT2D eigenvalue weighted by atomic mass is 16.2. The Bertz CT molecular complexity index is 806. The Kier molecular flexibility index (Phi) is 4.14. The first-order chi connectivity index (χ1) is 11.4. The molecule has 4 heteroatoms. The fourth-order valence-electron chi connectivity index (χ4n) is 3.17. The topological polar surface area (TPSA) is 49.4 Å². The maximum atomic E-state index is 12.8. The molecule has 1 heterocycles. The van der Waals surface area contributed by atoms with Crippen molar-refractivity contribution in [1.82, 2.24) is 0 Å².